The molecule has 0 bridgehead atoms. The summed E-state index contributed by atoms with van der Waals surface area (Å²) < 4.78 is 11.6. The van der Waals surface area contributed by atoms with Crippen molar-refractivity contribution >= 4 is 66.6 Å². The molecular weight excluding hydrogens is 381 g/mol. The van der Waals surface area contributed by atoms with Crippen molar-refractivity contribution in [2.45, 2.75) is 32.9 Å². The molecule has 0 aromatic heterocycles. The summed E-state index contributed by atoms with van der Waals surface area (Å²) in [4.78, 5) is 0. The molecule has 20 heavy (non-hydrogen) atoms. The largest absolute Gasteiger partial charge is 0.518 e. The zero-order valence-corrected chi connectivity index (χ0v) is 16.1. The van der Waals surface area contributed by atoms with E-state index in [-0.39, 0.29) is 30.9 Å². The van der Waals surface area contributed by atoms with Gasteiger partial charge in [0.05, 0.1) is 15.1 Å². The molecule has 0 aliphatic rings. The number of unbranched alkanes of at least 4 members (excludes halogenated alkanes) is 1. The highest BCUT2D eigenvalue weighted by atomic mass is 35.5. The van der Waals surface area contributed by atoms with E-state index in [9.17, 15) is 0 Å². The maximum Gasteiger partial charge on any atom is 0.392 e. The van der Waals surface area contributed by atoms with Crippen LogP contribution < -0.4 is 4.43 Å². The molecule has 0 N–H and O–H groups in total. The summed E-state index contributed by atoms with van der Waals surface area (Å²) in [6, 6.07) is 0. The lowest BCUT2D eigenvalue weighted by molar-refractivity contribution is 0.243. The summed E-state index contributed by atoms with van der Waals surface area (Å²) in [6.07, 6.45) is 2.01. The van der Waals surface area contributed by atoms with E-state index in [2.05, 4.69) is 6.92 Å². The molecule has 0 heterocycles. The first kappa shape index (κ1) is 18.7. The van der Waals surface area contributed by atoms with E-state index in [4.69, 9.17) is 66.9 Å². The van der Waals surface area contributed by atoms with E-state index in [1.54, 1.807) is 0 Å². The molecule has 114 valence electrons. The van der Waals surface area contributed by atoms with Crippen molar-refractivity contribution in [2.75, 3.05) is 6.61 Å². The van der Waals surface area contributed by atoms with Crippen LogP contribution in [0.5, 0.6) is 5.75 Å². The van der Waals surface area contributed by atoms with Crippen molar-refractivity contribution in [2.24, 2.45) is 0 Å². The highest BCUT2D eigenvalue weighted by Crippen LogP contribution is 2.48. The minimum Gasteiger partial charge on any atom is -0.518 e. The van der Waals surface area contributed by atoms with Gasteiger partial charge in [-0.3, -0.25) is 0 Å². The van der Waals surface area contributed by atoms with Crippen LogP contribution in [-0.4, -0.2) is 15.2 Å². The van der Waals surface area contributed by atoms with E-state index >= 15 is 0 Å². The Balaban J connectivity index is 3.03. The van der Waals surface area contributed by atoms with Crippen LogP contribution in [-0.2, 0) is 4.43 Å². The SMILES string of the molecule is CCCCO[Si](C)(C)Oc1c(Cl)c(Cl)c(Cl)c(Cl)c1Cl. The van der Waals surface area contributed by atoms with Gasteiger partial charge in [0.15, 0.2) is 0 Å². The quantitative estimate of drug-likeness (QED) is 0.226. The van der Waals surface area contributed by atoms with E-state index in [1.807, 2.05) is 13.1 Å². The maximum absolute atomic E-state index is 6.13. The summed E-state index contributed by atoms with van der Waals surface area (Å²) in [6.45, 7) is 6.50. The standard InChI is InChI=1S/C12H15Cl5O2Si/c1-4-5-6-18-20(2,3)19-12-10(16)8(14)7(13)9(15)11(12)17/h4-6H2,1-3H3. The number of benzene rings is 1. The van der Waals surface area contributed by atoms with E-state index < -0.39 is 8.56 Å². The molecule has 0 atom stereocenters. The Bertz CT molecular complexity index is 464. The Morgan fingerprint density at radius 2 is 1.30 bits per heavy atom. The van der Waals surface area contributed by atoms with Crippen molar-refractivity contribution in [3.05, 3.63) is 25.1 Å². The molecule has 1 aromatic rings. The summed E-state index contributed by atoms with van der Waals surface area (Å²) >= 11 is 30.2. The second kappa shape index (κ2) is 7.77. The van der Waals surface area contributed by atoms with Crippen LogP contribution in [0.4, 0.5) is 0 Å². The molecule has 1 rings (SSSR count). The Labute approximate surface area is 145 Å². The van der Waals surface area contributed by atoms with Crippen LogP contribution in [0, 0.1) is 0 Å². The van der Waals surface area contributed by atoms with Crippen molar-refractivity contribution in [1.82, 2.24) is 0 Å². The Kier molecular flexibility index (Phi) is 7.27. The smallest absolute Gasteiger partial charge is 0.392 e. The second-order valence-electron chi connectivity index (χ2n) is 4.60. The van der Waals surface area contributed by atoms with Crippen molar-refractivity contribution in [1.29, 1.82) is 0 Å². The molecule has 0 radical (unpaired) electrons. The van der Waals surface area contributed by atoms with Crippen molar-refractivity contribution in [3.8, 4) is 5.75 Å². The number of halogens is 5. The van der Waals surface area contributed by atoms with Crippen molar-refractivity contribution < 1.29 is 8.85 Å². The van der Waals surface area contributed by atoms with E-state index in [0.29, 0.717) is 6.61 Å². The van der Waals surface area contributed by atoms with Crippen LogP contribution in [0.1, 0.15) is 19.8 Å². The molecule has 8 heteroatoms. The van der Waals surface area contributed by atoms with Gasteiger partial charge in [0.2, 0.25) is 0 Å². The lowest BCUT2D eigenvalue weighted by atomic mass is 10.3. The van der Waals surface area contributed by atoms with Gasteiger partial charge in [-0.15, -0.1) is 0 Å². The van der Waals surface area contributed by atoms with Gasteiger partial charge >= 0.3 is 8.56 Å². The third-order valence-corrected chi connectivity index (χ3v) is 6.30. The molecule has 1 aromatic carbocycles. The van der Waals surface area contributed by atoms with E-state index in [0.717, 1.165) is 12.8 Å². The van der Waals surface area contributed by atoms with Crippen LogP contribution in [0.15, 0.2) is 0 Å². The van der Waals surface area contributed by atoms with Crippen LogP contribution in [0.2, 0.25) is 38.2 Å². The van der Waals surface area contributed by atoms with Gasteiger partial charge in [-0.1, -0.05) is 71.3 Å². The minimum atomic E-state index is -2.44. The summed E-state index contributed by atoms with van der Waals surface area (Å²) in [7, 11) is -2.44. The maximum atomic E-state index is 6.13. The highest BCUT2D eigenvalue weighted by Gasteiger charge is 2.31. The number of rotatable bonds is 6. The molecule has 0 spiro atoms. The van der Waals surface area contributed by atoms with Gasteiger partial charge in [0.25, 0.3) is 0 Å². The fourth-order valence-corrected chi connectivity index (χ4v) is 4.13. The normalized spacial score (nSPS) is 11.8. The third-order valence-electron chi connectivity index (χ3n) is 2.46. The lowest BCUT2D eigenvalue weighted by Gasteiger charge is -2.25. The molecule has 0 fully saturated rings. The lowest BCUT2D eigenvalue weighted by Crippen LogP contribution is -2.38. The molecule has 0 aliphatic carbocycles. The summed E-state index contributed by atoms with van der Waals surface area (Å²) in [5, 5.41) is 0.644. The van der Waals surface area contributed by atoms with Gasteiger partial charge in [0.1, 0.15) is 15.8 Å². The molecule has 0 saturated carbocycles. The third kappa shape index (κ3) is 4.57. The van der Waals surface area contributed by atoms with Gasteiger partial charge < -0.3 is 8.85 Å². The van der Waals surface area contributed by atoms with E-state index in [1.165, 1.54) is 0 Å². The Morgan fingerprint density at radius 3 is 1.75 bits per heavy atom. The van der Waals surface area contributed by atoms with Gasteiger partial charge in [-0.05, 0) is 19.5 Å². The van der Waals surface area contributed by atoms with Gasteiger partial charge in [-0.25, -0.2) is 0 Å². The van der Waals surface area contributed by atoms with Crippen LogP contribution in [0.3, 0.4) is 0 Å². The average molecular weight is 397 g/mol. The highest BCUT2D eigenvalue weighted by molar-refractivity contribution is 6.66. The van der Waals surface area contributed by atoms with Gasteiger partial charge in [-0.2, -0.15) is 0 Å². The number of hydrogen-bond acceptors (Lipinski definition) is 2. The molecule has 0 saturated heterocycles. The Hall–Kier alpha value is 0.647. The monoisotopic (exact) mass is 394 g/mol. The number of hydrogen-bond donors (Lipinski definition) is 0. The molecule has 0 aliphatic heterocycles. The summed E-state index contributed by atoms with van der Waals surface area (Å²) in [5.41, 5.74) is 0. The summed E-state index contributed by atoms with van der Waals surface area (Å²) in [5.74, 6) is 0.223. The first-order chi connectivity index (χ1) is 9.21. The minimum absolute atomic E-state index is 0.113. The molecular formula is C12H15Cl5O2Si. The Morgan fingerprint density at radius 1 is 0.850 bits per heavy atom. The van der Waals surface area contributed by atoms with Gasteiger partial charge in [0, 0.05) is 6.61 Å². The fraction of sp³-hybridized carbons (Fsp3) is 0.500. The zero-order valence-electron chi connectivity index (χ0n) is 11.3. The molecule has 2 nitrogen and oxygen atoms in total. The first-order valence-corrected chi connectivity index (χ1v) is 10.8. The first-order valence-electron chi connectivity index (χ1n) is 6.05. The molecule has 0 unspecified atom stereocenters. The fourth-order valence-electron chi connectivity index (χ4n) is 1.41. The van der Waals surface area contributed by atoms with Crippen LogP contribution in [0.25, 0.3) is 0 Å². The topological polar surface area (TPSA) is 18.5 Å². The average Bonchev–Trinajstić information content (AvgIpc) is 2.39. The van der Waals surface area contributed by atoms with Crippen LogP contribution >= 0.6 is 58.0 Å². The zero-order chi connectivity index (χ0) is 15.5. The predicted molar refractivity (Wildman–Crippen MR) is 90.5 cm³/mol. The van der Waals surface area contributed by atoms with Crippen molar-refractivity contribution in [3.63, 3.8) is 0 Å². The predicted octanol–water partition coefficient (Wildman–Crippen LogP) is 6.85. The second-order valence-corrected chi connectivity index (χ2v) is 9.79. The molecule has 0 amide bonds.